The number of benzene rings is 3. The van der Waals surface area contributed by atoms with Gasteiger partial charge in [-0.15, -0.1) is 11.3 Å². The zero-order valence-corrected chi connectivity index (χ0v) is 26.8. The predicted molar refractivity (Wildman–Crippen MR) is 179 cm³/mol. The number of rotatable bonds is 12. The average Bonchev–Trinajstić information content (AvgIpc) is 3.46. The summed E-state index contributed by atoms with van der Waals surface area (Å²) >= 11 is 13.9. The Morgan fingerprint density at radius 3 is 2.30 bits per heavy atom. The summed E-state index contributed by atoms with van der Waals surface area (Å²) in [5.41, 5.74) is 5.01. The standard InChI is InChI=1S/C33H38Cl2N6OS/c1-39-14-16-40(17-15-39)12-5-13-41(33(42)38-30-19-28(34)18-29(35)20-30)23-31-24-43-32(37-31)27-10-8-26(9-11-27)22-36-21-25-6-3-2-4-7-25/h2-4,6-11,18-20,24,36H,5,12-17,21-23H2,1H3,(H,38,42). The first kappa shape index (κ1) is 31.4. The van der Waals surface area contributed by atoms with Crippen LogP contribution in [0.2, 0.25) is 10.0 Å². The predicted octanol–water partition coefficient (Wildman–Crippen LogP) is 7.08. The summed E-state index contributed by atoms with van der Waals surface area (Å²) in [6, 6.07) is 23.8. The lowest BCUT2D eigenvalue weighted by molar-refractivity contribution is 0.147. The van der Waals surface area contributed by atoms with Gasteiger partial charge in [0.15, 0.2) is 0 Å². The van der Waals surface area contributed by atoms with Crippen LogP contribution in [0.4, 0.5) is 10.5 Å². The largest absolute Gasteiger partial charge is 0.322 e. The highest BCUT2D eigenvalue weighted by Gasteiger charge is 2.19. The number of nitrogens with one attached hydrogen (secondary N) is 2. The summed E-state index contributed by atoms with van der Waals surface area (Å²) < 4.78 is 0. The van der Waals surface area contributed by atoms with Crippen molar-refractivity contribution in [3.05, 3.63) is 105 Å². The molecule has 226 valence electrons. The Bertz CT molecular complexity index is 1440. The highest BCUT2D eigenvalue weighted by atomic mass is 35.5. The van der Waals surface area contributed by atoms with Gasteiger partial charge in [0.2, 0.25) is 0 Å². The molecule has 1 aromatic heterocycles. The van der Waals surface area contributed by atoms with E-state index in [1.807, 2.05) is 16.3 Å². The number of carbonyl (C=O) groups is 1. The number of piperazine rings is 1. The van der Waals surface area contributed by atoms with Crippen LogP contribution in [-0.4, -0.2) is 72.0 Å². The SMILES string of the molecule is CN1CCN(CCCN(Cc2csc(-c3ccc(CNCc4ccccc4)cc3)n2)C(=O)Nc2cc(Cl)cc(Cl)c2)CC1. The summed E-state index contributed by atoms with van der Waals surface area (Å²) in [6.07, 6.45) is 0.879. The molecule has 2 N–H and O–H groups in total. The van der Waals surface area contributed by atoms with Crippen molar-refractivity contribution >= 4 is 46.3 Å². The molecule has 0 unspecified atom stereocenters. The number of carbonyl (C=O) groups excluding carboxylic acids is 1. The Labute approximate surface area is 268 Å². The molecule has 43 heavy (non-hydrogen) atoms. The van der Waals surface area contributed by atoms with Gasteiger partial charge in [0.05, 0.1) is 12.2 Å². The van der Waals surface area contributed by atoms with Crippen molar-refractivity contribution < 1.29 is 4.79 Å². The number of halogens is 2. The summed E-state index contributed by atoms with van der Waals surface area (Å²) in [7, 11) is 2.16. The minimum absolute atomic E-state index is 0.196. The number of hydrogen-bond donors (Lipinski definition) is 2. The molecule has 0 bridgehead atoms. The normalized spacial score (nSPS) is 14.1. The van der Waals surface area contributed by atoms with Gasteiger partial charge in [0.1, 0.15) is 5.01 Å². The van der Waals surface area contributed by atoms with Crippen molar-refractivity contribution in [2.75, 3.05) is 51.6 Å². The number of thiazole rings is 1. The van der Waals surface area contributed by atoms with Crippen LogP contribution >= 0.6 is 34.5 Å². The van der Waals surface area contributed by atoms with Gasteiger partial charge < -0.3 is 25.3 Å². The number of urea groups is 1. The van der Waals surface area contributed by atoms with Gasteiger partial charge in [0, 0.05) is 72.5 Å². The molecule has 0 spiro atoms. The Balaban J connectivity index is 1.20. The van der Waals surface area contributed by atoms with Crippen LogP contribution in [0, 0.1) is 0 Å². The molecule has 1 aliphatic heterocycles. The van der Waals surface area contributed by atoms with E-state index < -0.39 is 0 Å². The van der Waals surface area contributed by atoms with E-state index >= 15 is 0 Å². The third kappa shape index (κ3) is 9.76. The van der Waals surface area contributed by atoms with Crippen LogP contribution in [0.25, 0.3) is 10.6 Å². The van der Waals surface area contributed by atoms with Gasteiger partial charge in [-0.05, 0) is 49.3 Å². The average molecular weight is 638 g/mol. The number of aromatic nitrogens is 1. The Morgan fingerprint density at radius 2 is 1.60 bits per heavy atom. The van der Waals surface area contributed by atoms with Gasteiger partial charge in [-0.3, -0.25) is 0 Å². The van der Waals surface area contributed by atoms with Gasteiger partial charge in [-0.25, -0.2) is 9.78 Å². The fraction of sp³-hybridized carbons (Fsp3) is 0.333. The summed E-state index contributed by atoms with van der Waals surface area (Å²) in [4.78, 5) is 25.0. The first-order valence-electron chi connectivity index (χ1n) is 14.6. The van der Waals surface area contributed by atoms with E-state index in [2.05, 4.69) is 76.0 Å². The molecule has 2 heterocycles. The maximum atomic E-state index is 13.4. The molecule has 5 rings (SSSR count). The lowest BCUT2D eigenvalue weighted by atomic mass is 10.1. The van der Waals surface area contributed by atoms with Crippen LogP contribution in [0.1, 0.15) is 23.2 Å². The second kappa shape index (κ2) is 15.7. The quantitative estimate of drug-likeness (QED) is 0.174. The highest BCUT2D eigenvalue weighted by Crippen LogP contribution is 2.26. The van der Waals surface area contributed by atoms with E-state index in [0.717, 1.165) is 68.5 Å². The number of anilines is 1. The van der Waals surface area contributed by atoms with Crippen molar-refractivity contribution in [2.45, 2.75) is 26.1 Å². The monoisotopic (exact) mass is 636 g/mol. The van der Waals surface area contributed by atoms with Crippen molar-refractivity contribution in [1.29, 1.82) is 0 Å². The van der Waals surface area contributed by atoms with Gasteiger partial charge in [0.25, 0.3) is 0 Å². The molecular weight excluding hydrogens is 599 g/mol. The maximum Gasteiger partial charge on any atom is 0.322 e. The van der Waals surface area contributed by atoms with E-state index in [1.165, 1.54) is 11.1 Å². The molecular formula is C33H38Cl2N6OS. The molecule has 1 aliphatic rings. The van der Waals surface area contributed by atoms with E-state index in [9.17, 15) is 4.79 Å². The van der Waals surface area contributed by atoms with E-state index in [1.54, 1.807) is 29.5 Å². The fourth-order valence-electron chi connectivity index (χ4n) is 5.06. The number of likely N-dealkylation sites (N-methyl/N-ethyl adjacent to an activating group) is 1. The second-order valence-corrected chi connectivity index (χ2v) is 12.7. The Morgan fingerprint density at radius 1 is 0.930 bits per heavy atom. The molecule has 7 nitrogen and oxygen atoms in total. The molecule has 3 aromatic carbocycles. The second-order valence-electron chi connectivity index (χ2n) is 10.9. The topological polar surface area (TPSA) is 63.7 Å². The Hall–Kier alpha value is -2.98. The van der Waals surface area contributed by atoms with Crippen LogP contribution < -0.4 is 10.6 Å². The van der Waals surface area contributed by atoms with E-state index in [4.69, 9.17) is 28.2 Å². The molecule has 0 saturated carbocycles. The highest BCUT2D eigenvalue weighted by molar-refractivity contribution is 7.13. The number of nitrogens with zero attached hydrogens (tertiary/aromatic N) is 4. The van der Waals surface area contributed by atoms with Gasteiger partial charge in [-0.1, -0.05) is 77.8 Å². The van der Waals surface area contributed by atoms with E-state index in [0.29, 0.717) is 28.8 Å². The van der Waals surface area contributed by atoms with E-state index in [-0.39, 0.29) is 6.03 Å². The molecule has 0 aliphatic carbocycles. The van der Waals surface area contributed by atoms with Crippen molar-refractivity contribution in [3.8, 4) is 10.6 Å². The first-order chi connectivity index (χ1) is 20.9. The minimum atomic E-state index is -0.196. The fourth-order valence-corrected chi connectivity index (χ4v) is 6.40. The third-order valence-electron chi connectivity index (χ3n) is 7.51. The lowest BCUT2D eigenvalue weighted by Gasteiger charge is -2.33. The number of amides is 2. The van der Waals surface area contributed by atoms with Crippen LogP contribution in [0.3, 0.4) is 0 Å². The van der Waals surface area contributed by atoms with Crippen molar-refractivity contribution in [1.82, 2.24) is 25.0 Å². The lowest BCUT2D eigenvalue weighted by Crippen LogP contribution is -2.45. The van der Waals surface area contributed by atoms with Crippen LogP contribution in [-0.2, 0) is 19.6 Å². The molecule has 4 aromatic rings. The third-order valence-corrected chi connectivity index (χ3v) is 8.88. The Kier molecular flexibility index (Phi) is 11.4. The molecule has 0 radical (unpaired) electrons. The molecule has 10 heteroatoms. The van der Waals surface area contributed by atoms with Crippen molar-refractivity contribution in [3.63, 3.8) is 0 Å². The summed E-state index contributed by atoms with van der Waals surface area (Å²) in [5.74, 6) is 0. The zero-order valence-electron chi connectivity index (χ0n) is 24.4. The van der Waals surface area contributed by atoms with Crippen LogP contribution in [0.15, 0.2) is 78.2 Å². The van der Waals surface area contributed by atoms with Crippen molar-refractivity contribution in [2.24, 2.45) is 0 Å². The molecule has 2 amide bonds. The smallest absolute Gasteiger partial charge is 0.319 e. The van der Waals surface area contributed by atoms with Gasteiger partial charge in [-0.2, -0.15) is 0 Å². The van der Waals surface area contributed by atoms with Crippen LogP contribution in [0.5, 0.6) is 0 Å². The molecule has 0 atom stereocenters. The maximum absolute atomic E-state index is 13.4. The summed E-state index contributed by atoms with van der Waals surface area (Å²) in [5, 5.41) is 10.4. The van der Waals surface area contributed by atoms with Gasteiger partial charge >= 0.3 is 6.03 Å². The molecule has 1 saturated heterocycles. The molecule has 1 fully saturated rings. The number of hydrogen-bond acceptors (Lipinski definition) is 6. The summed E-state index contributed by atoms with van der Waals surface area (Å²) in [6.45, 7) is 7.89. The minimum Gasteiger partial charge on any atom is -0.319 e. The zero-order chi connectivity index (χ0) is 30.0. The first-order valence-corrected chi connectivity index (χ1v) is 16.3.